The summed E-state index contributed by atoms with van der Waals surface area (Å²) in [5.41, 5.74) is 1.22. The van der Waals surface area contributed by atoms with Gasteiger partial charge < -0.3 is 5.32 Å². The number of halogens is 1. The predicted octanol–water partition coefficient (Wildman–Crippen LogP) is 3.53. The second-order valence-corrected chi connectivity index (χ2v) is 5.67. The van der Waals surface area contributed by atoms with Crippen molar-refractivity contribution in [1.29, 1.82) is 0 Å². The standard InChI is InChI=1S/C16H22ClNO/c17-12-14-8-4-5-9-15(14)18-16(19)11-10-13-6-2-1-3-7-13/h1-3,6-7,14-15H,4-5,8-12H2,(H,18,19). The van der Waals surface area contributed by atoms with Crippen molar-refractivity contribution in [3.05, 3.63) is 35.9 Å². The molecule has 1 amide bonds. The summed E-state index contributed by atoms with van der Waals surface area (Å²) in [5.74, 6) is 1.27. The molecule has 1 N–H and O–H groups in total. The van der Waals surface area contributed by atoms with Crippen LogP contribution in [0.15, 0.2) is 30.3 Å². The molecule has 0 heterocycles. The molecule has 1 aromatic rings. The summed E-state index contributed by atoms with van der Waals surface area (Å²) in [6, 6.07) is 10.4. The van der Waals surface area contributed by atoms with Crippen LogP contribution in [0.25, 0.3) is 0 Å². The van der Waals surface area contributed by atoms with Crippen LogP contribution < -0.4 is 5.32 Å². The summed E-state index contributed by atoms with van der Waals surface area (Å²) in [4.78, 5) is 12.0. The molecule has 1 saturated carbocycles. The first kappa shape index (κ1) is 14.4. The Kier molecular flexibility index (Phi) is 5.71. The lowest BCUT2D eigenvalue weighted by Gasteiger charge is -2.30. The summed E-state index contributed by atoms with van der Waals surface area (Å²) in [6.45, 7) is 0. The van der Waals surface area contributed by atoms with Crippen LogP contribution in [0.1, 0.15) is 37.7 Å². The third-order valence-electron chi connectivity index (χ3n) is 3.94. The Morgan fingerprint density at radius 2 is 1.95 bits per heavy atom. The van der Waals surface area contributed by atoms with Gasteiger partial charge in [-0.2, -0.15) is 0 Å². The second kappa shape index (κ2) is 7.54. The number of alkyl halides is 1. The lowest BCUT2D eigenvalue weighted by molar-refractivity contribution is -0.122. The molecule has 1 fully saturated rings. The van der Waals surface area contributed by atoms with E-state index in [0.29, 0.717) is 18.2 Å². The molecular formula is C16H22ClNO. The fourth-order valence-electron chi connectivity index (χ4n) is 2.76. The first-order valence-electron chi connectivity index (χ1n) is 7.19. The van der Waals surface area contributed by atoms with Crippen molar-refractivity contribution in [3.8, 4) is 0 Å². The maximum Gasteiger partial charge on any atom is 0.220 e. The van der Waals surface area contributed by atoms with E-state index in [4.69, 9.17) is 11.6 Å². The highest BCUT2D eigenvalue weighted by Gasteiger charge is 2.25. The van der Waals surface area contributed by atoms with Crippen LogP contribution in [0.4, 0.5) is 0 Å². The van der Waals surface area contributed by atoms with E-state index in [2.05, 4.69) is 17.4 Å². The van der Waals surface area contributed by atoms with E-state index in [1.54, 1.807) is 0 Å². The van der Waals surface area contributed by atoms with E-state index in [0.717, 1.165) is 19.3 Å². The zero-order valence-corrected chi connectivity index (χ0v) is 12.0. The molecular weight excluding hydrogens is 258 g/mol. The van der Waals surface area contributed by atoms with Gasteiger partial charge in [0, 0.05) is 18.3 Å². The highest BCUT2D eigenvalue weighted by atomic mass is 35.5. The van der Waals surface area contributed by atoms with Gasteiger partial charge in [0.05, 0.1) is 0 Å². The number of nitrogens with one attached hydrogen (secondary N) is 1. The SMILES string of the molecule is O=C(CCc1ccccc1)NC1CCCCC1CCl. The van der Waals surface area contributed by atoms with Crippen LogP contribution in [0.3, 0.4) is 0 Å². The number of carbonyl (C=O) groups excluding carboxylic acids is 1. The van der Waals surface area contributed by atoms with Crippen molar-refractivity contribution in [2.45, 2.75) is 44.6 Å². The maximum absolute atomic E-state index is 12.0. The molecule has 0 aromatic heterocycles. The predicted molar refractivity (Wildman–Crippen MR) is 79.4 cm³/mol. The first-order chi connectivity index (χ1) is 9.29. The molecule has 1 aliphatic rings. The molecule has 1 aromatic carbocycles. The minimum Gasteiger partial charge on any atom is -0.353 e. The van der Waals surface area contributed by atoms with E-state index in [-0.39, 0.29) is 11.9 Å². The second-order valence-electron chi connectivity index (χ2n) is 5.36. The number of aryl methyl sites for hydroxylation is 1. The molecule has 2 unspecified atom stereocenters. The molecule has 0 saturated heterocycles. The number of hydrogen-bond donors (Lipinski definition) is 1. The Hall–Kier alpha value is -1.02. The van der Waals surface area contributed by atoms with Gasteiger partial charge in [-0.05, 0) is 30.7 Å². The van der Waals surface area contributed by atoms with Crippen molar-refractivity contribution in [1.82, 2.24) is 5.32 Å². The summed E-state index contributed by atoms with van der Waals surface area (Å²) in [7, 11) is 0. The van der Waals surface area contributed by atoms with E-state index >= 15 is 0 Å². The number of carbonyl (C=O) groups is 1. The highest BCUT2D eigenvalue weighted by molar-refractivity contribution is 6.18. The lowest BCUT2D eigenvalue weighted by Crippen LogP contribution is -2.42. The largest absolute Gasteiger partial charge is 0.353 e. The lowest BCUT2D eigenvalue weighted by atomic mass is 9.85. The summed E-state index contributed by atoms with van der Waals surface area (Å²) in [5, 5.41) is 3.17. The Balaban J connectivity index is 1.77. The normalized spacial score (nSPS) is 23.0. The molecule has 1 aliphatic carbocycles. The minimum atomic E-state index is 0.158. The van der Waals surface area contributed by atoms with Crippen molar-refractivity contribution in [3.63, 3.8) is 0 Å². The molecule has 0 aliphatic heterocycles. The average molecular weight is 280 g/mol. The number of amides is 1. The van der Waals surface area contributed by atoms with Gasteiger partial charge in [-0.25, -0.2) is 0 Å². The van der Waals surface area contributed by atoms with Gasteiger partial charge in [0.15, 0.2) is 0 Å². The van der Waals surface area contributed by atoms with Crippen LogP contribution >= 0.6 is 11.6 Å². The fraction of sp³-hybridized carbons (Fsp3) is 0.562. The van der Waals surface area contributed by atoms with E-state index in [1.165, 1.54) is 18.4 Å². The Bertz CT molecular complexity index is 393. The Morgan fingerprint density at radius 1 is 1.21 bits per heavy atom. The number of hydrogen-bond acceptors (Lipinski definition) is 1. The fourth-order valence-corrected chi connectivity index (χ4v) is 3.13. The molecule has 3 heteroatoms. The zero-order valence-electron chi connectivity index (χ0n) is 11.3. The van der Waals surface area contributed by atoms with Crippen LogP contribution in [0.5, 0.6) is 0 Å². The van der Waals surface area contributed by atoms with E-state index < -0.39 is 0 Å². The molecule has 0 radical (unpaired) electrons. The van der Waals surface area contributed by atoms with Gasteiger partial charge in [0.25, 0.3) is 0 Å². The van der Waals surface area contributed by atoms with Crippen LogP contribution in [-0.4, -0.2) is 17.8 Å². The summed E-state index contributed by atoms with van der Waals surface area (Å²) in [6.07, 6.45) is 6.05. The van der Waals surface area contributed by atoms with Gasteiger partial charge >= 0.3 is 0 Å². The van der Waals surface area contributed by atoms with E-state index in [1.807, 2.05) is 18.2 Å². The van der Waals surface area contributed by atoms with E-state index in [9.17, 15) is 4.79 Å². The minimum absolute atomic E-state index is 0.158. The molecule has 0 bridgehead atoms. The summed E-state index contributed by atoms with van der Waals surface area (Å²) < 4.78 is 0. The Morgan fingerprint density at radius 3 is 2.68 bits per heavy atom. The zero-order chi connectivity index (χ0) is 13.5. The monoisotopic (exact) mass is 279 g/mol. The number of rotatable bonds is 5. The third-order valence-corrected chi connectivity index (χ3v) is 4.33. The molecule has 2 rings (SSSR count). The first-order valence-corrected chi connectivity index (χ1v) is 7.72. The molecule has 2 atom stereocenters. The topological polar surface area (TPSA) is 29.1 Å². The Labute approximate surface area is 120 Å². The average Bonchev–Trinajstić information content (AvgIpc) is 2.47. The molecule has 19 heavy (non-hydrogen) atoms. The van der Waals surface area contributed by atoms with Gasteiger partial charge in [-0.1, -0.05) is 43.2 Å². The maximum atomic E-state index is 12.0. The van der Waals surface area contributed by atoms with Gasteiger partial charge in [0.2, 0.25) is 5.91 Å². The number of benzene rings is 1. The van der Waals surface area contributed by atoms with Crippen LogP contribution in [0.2, 0.25) is 0 Å². The molecule has 2 nitrogen and oxygen atoms in total. The van der Waals surface area contributed by atoms with Crippen LogP contribution in [-0.2, 0) is 11.2 Å². The van der Waals surface area contributed by atoms with Gasteiger partial charge in [-0.15, -0.1) is 11.6 Å². The molecule has 0 spiro atoms. The molecule has 104 valence electrons. The third kappa shape index (κ3) is 4.54. The highest BCUT2D eigenvalue weighted by Crippen LogP contribution is 2.25. The van der Waals surface area contributed by atoms with Crippen molar-refractivity contribution >= 4 is 17.5 Å². The smallest absolute Gasteiger partial charge is 0.220 e. The van der Waals surface area contributed by atoms with Crippen molar-refractivity contribution in [2.24, 2.45) is 5.92 Å². The van der Waals surface area contributed by atoms with Gasteiger partial charge in [-0.3, -0.25) is 4.79 Å². The van der Waals surface area contributed by atoms with Crippen molar-refractivity contribution < 1.29 is 4.79 Å². The quantitative estimate of drug-likeness (QED) is 0.821. The summed E-state index contributed by atoms with van der Waals surface area (Å²) >= 11 is 5.98. The van der Waals surface area contributed by atoms with Crippen molar-refractivity contribution in [2.75, 3.05) is 5.88 Å². The van der Waals surface area contributed by atoms with Crippen LogP contribution in [0, 0.1) is 5.92 Å². The van der Waals surface area contributed by atoms with Gasteiger partial charge in [0.1, 0.15) is 0 Å².